The van der Waals surface area contributed by atoms with Gasteiger partial charge < -0.3 is 20.1 Å². The highest BCUT2D eigenvalue weighted by atomic mass is 16.5. The molecule has 7 nitrogen and oxygen atoms in total. The molecule has 0 aromatic rings. The second-order valence-electron chi connectivity index (χ2n) is 4.54. The van der Waals surface area contributed by atoms with Gasteiger partial charge in [-0.15, -0.1) is 0 Å². The molecule has 7 heteroatoms. The highest BCUT2D eigenvalue weighted by Gasteiger charge is 2.35. The van der Waals surface area contributed by atoms with E-state index in [1.807, 2.05) is 0 Å². The van der Waals surface area contributed by atoms with Crippen molar-refractivity contribution in [3.63, 3.8) is 0 Å². The first kappa shape index (κ1) is 15.4. The van der Waals surface area contributed by atoms with Crippen LogP contribution in [0.15, 0.2) is 0 Å². The number of methoxy groups -OCH3 is 1. The normalized spacial score (nSPS) is 20.4. The van der Waals surface area contributed by atoms with Crippen LogP contribution in [-0.4, -0.2) is 60.6 Å². The monoisotopic (exact) mass is 272 g/mol. The first-order chi connectivity index (χ1) is 8.99. The van der Waals surface area contributed by atoms with E-state index in [-0.39, 0.29) is 18.2 Å². The molecule has 19 heavy (non-hydrogen) atoms. The van der Waals surface area contributed by atoms with Gasteiger partial charge in [-0.1, -0.05) is 6.92 Å². The molecular formula is C12H20N2O5. The Morgan fingerprint density at radius 1 is 1.58 bits per heavy atom. The minimum Gasteiger partial charge on any atom is -0.480 e. The number of amides is 2. The summed E-state index contributed by atoms with van der Waals surface area (Å²) in [5.74, 6) is -2.00. The Labute approximate surface area is 111 Å². The minimum atomic E-state index is -1.06. The van der Waals surface area contributed by atoms with E-state index in [1.54, 1.807) is 18.9 Å². The molecule has 1 aliphatic heterocycles. The Bertz CT molecular complexity index is 358. The Kier molecular flexibility index (Phi) is 5.75. The lowest BCUT2D eigenvalue weighted by Crippen LogP contribution is -2.43. The molecule has 1 aliphatic rings. The van der Waals surface area contributed by atoms with E-state index in [4.69, 9.17) is 9.84 Å². The van der Waals surface area contributed by atoms with E-state index in [0.29, 0.717) is 26.1 Å². The molecule has 0 radical (unpaired) electrons. The van der Waals surface area contributed by atoms with Crippen LogP contribution >= 0.6 is 0 Å². The van der Waals surface area contributed by atoms with Crippen molar-refractivity contribution in [3.8, 4) is 0 Å². The predicted molar refractivity (Wildman–Crippen MR) is 66.4 cm³/mol. The Balaban J connectivity index is 2.51. The Morgan fingerprint density at radius 3 is 2.79 bits per heavy atom. The predicted octanol–water partition coefficient (Wildman–Crippen LogP) is -0.539. The molecule has 1 saturated heterocycles. The summed E-state index contributed by atoms with van der Waals surface area (Å²) in [6.07, 6.45) is 0.445. The molecule has 1 fully saturated rings. The van der Waals surface area contributed by atoms with Gasteiger partial charge in [-0.25, -0.2) is 4.79 Å². The Morgan fingerprint density at radius 2 is 2.26 bits per heavy atom. The van der Waals surface area contributed by atoms with Crippen molar-refractivity contribution in [1.82, 2.24) is 10.2 Å². The first-order valence-corrected chi connectivity index (χ1v) is 6.29. The van der Waals surface area contributed by atoms with Gasteiger partial charge >= 0.3 is 5.97 Å². The maximum Gasteiger partial charge on any atom is 0.326 e. The number of aliphatic carboxylic acids is 1. The summed E-state index contributed by atoms with van der Waals surface area (Å²) in [7, 11) is 1.55. The van der Waals surface area contributed by atoms with Crippen LogP contribution in [0.2, 0.25) is 0 Å². The highest BCUT2D eigenvalue weighted by Crippen LogP contribution is 2.17. The molecular weight excluding hydrogens is 252 g/mol. The van der Waals surface area contributed by atoms with Crippen molar-refractivity contribution in [1.29, 1.82) is 0 Å². The van der Waals surface area contributed by atoms with Crippen LogP contribution < -0.4 is 5.32 Å². The second kappa shape index (κ2) is 7.08. The van der Waals surface area contributed by atoms with Gasteiger partial charge in [-0.05, 0) is 6.42 Å². The molecule has 1 unspecified atom stereocenters. The third kappa shape index (κ3) is 4.20. The van der Waals surface area contributed by atoms with Crippen molar-refractivity contribution in [2.75, 3.05) is 26.8 Å². The molecule has 0 aromatic carbocycles. The molecule has 0 saturated carbocycles. The van der Waals surface area contributed by atoms with Crippen LogP contribution in [0.1, 0.15) is 19.8 Å². The summed E-state index contributed by atoms with van der Waals surface area (Å²) in [6.45, 7) is 2.88. The fourth-order valence-corrected chi connectivity index (χ4v) is 1.99. The zero-order chi connectivity index (χ0) is 14.4. The number of carbonyl (C=O) groups is 3. The van der Waals surface area contributed by atoms with E-state index in [2.05, 4.69) is 5.32 Å². The summed E-state index contributed by atoms with van der Waals surface area (Å²) in [5.41, 5.74) is 0. The number of carboxylic acids is 1. The van der Waals surface area contributed by atoms with Gasteiger partial charge in [-0.3, -0.25) is 9.59 Å². The fraction of sp³-hybridized carbons (Fsp3) is 0.750. The van der Waals surface area contributed by atoms with Crippen molar-refractivity contribution in [2.45, 2.75) is 25.8 Å². The highest BCUT2D eigenvalue weighted by molar-refractivity contribution is 5.91. The average molecular weight is 272 g/mol. The molecule has 2 N–H and O–H groups in total. The number of nitrogens with one attached hydrogen (secondary N) is 1. The van der Waals surface area contributed by atoms with Gasteiger partial charge in [0.15, 0.2) is 0 Å². The lowest BCUT2D eigenvalue weighted by atomic mass is 10.1. The first-order valence-electron chi connectivity index (χ1n) is 6.29. The van der Waals surface area contributed by atoms with Crippen LogP contribution in [0, 0.1) is 5.92 Å². The number of nitrogens with zero attached hydrogens (tertiary/aromatic N) is 1. The number of hydrogen-bond donors (Lipinski definition) is 2. The van der Waals surface area contributed by atoms with Crippen molar-refractivity contribution < 1.29 is 24.2 Å². The van der Waals surface area contributed by atoms with Crippen LogP contribution in [-0.2, 0) is 19.1 Å². The zero-order valence-corrected chi connectivity index (χ0v) is 11.2. The average Bonchev–Trinajstić information content (AvgIpc) is 2.74. The number of hydrogen-bond acceptors (Lipinski definition) is 4. The maximum absolute atomic E-state index is 11.9. The van der Waals surface area contributed by atoms with Gasteiger partial charge in [0.2, 0.25) is 11.8 Å². The van der Waals surface area contributed by atoms with Gasteiger partial charge in [0, 0.05) is 26.6 Å². The zero-order valence-electron chi connectivity index (χ0n) is 11.2. The molecule has 108 valence electrons. The number of carboxylic acid groups (broad SMARTS) is 1. The van der Waals surface area contributed by atoms with Crippen molar-refractivity contribution in [3.05, 3.63) is 0 Å². The standard InChI is InChI=1S/C12H20N2O5/c1-3-9(12(17)18)13-11(16)8-6-10(15)14(7-8)4-5-19-2/h8-9H,3-7H2,1-2H3,(H,13,16)(H,17,18)/t8?,9-/m1/s1. The topological polar surface area (TPSA) is 95.9 Å². The summed E-state index contributed by atoms with van der Waals surface area (Å²) in [5, 5.41) is 11.3. The molecule has 0 aliphatic carbocycles. The van der Waals surface area contributed by atoms with Gasteiger partial charge in [0.1, 0.15) is 6.04 Å². The minimum absolute atomic E-state index is 0.0967. The molecule has 2 amide bonds. The van der Waals surface area contributed by atoms with E-state index >= 15 is 0 Å². The molecule has 1 rings (SSSR count). The lowest BCUT2D eigenvalue weighted by molar-refractivity contribution is -0.142. The number of carbonyl (C=O) groups excluding carboxylic acids is 2. The quantitative estimate of drug-likeness (QED) is 0.649. The van der Waals surface area contributed by atoms with Gasteiger partial charge in [0.05, 0.1) is 12.5 Å². The molecule has 0 bridgehead atoms. The smallest absolute Gasteiger partial charge is 0.326 e. The van der Waals surface area contributed by atoms with Crippen molar-refractivity contribution >= 4 is 17.8 Å². The summed E-state index contributed by atoms with van der Waals surface area (Å²) >= 11 is 0. The molecule has 1 heterocycles. The Hall–Kier alpha value is -1.63. The van der Waals surface area contributed by atoms with Crippen LogP contribution in [0.5, 0.6) is 0 Å². The summed E-state index contributed by atoms with van der Waals surface area (Å²) in [4.78, 5) is 36.0. The molecule has 0 aromatic heterocycles. The SMILES string of the molecule is CC[C@@H](NC(=O)C1CC(=O)N(CCOC)C1)C(=O)O. The number of ether oxygens (including phenoxy) is 1. The van der Waals surface area contributed by atoms with Gasteiger partial charge in [-0.2, -0.15) is 0 Å². The third-order valence-electron chi connectivity index (χ3n) is 3.17. The third-order valence-corrected chi connectivity index (χ3v) is 3.17. The molecule has 2 atom stereocenters. The van der Waals surface area contributed by atoms with Crippen LogP contribution in [0.3, 0.4) is 0 Å². The van der Waals surface area contributed by atoms with Crippen molar-refractivity contribution in [2.24, 2.45) is 5.92 Å². The summed E-state index contributed by atoms with van der Waals surface area (Å²) in [6, 6.07) is -0.893. The number of rotatable bonds is 7. The fourth-order valence-electron chi connectivity index (χ4n) is 1.99. The second-order valence-corrected chi connectivity index (χ2v) is 4.54. The van der Waals surface area contributed by atoms with E-state index < -0.39 is 17.9 Å². The van der Waals surface area contributed by atoms with Crippen LogP contribution in [0.4, 0.5) is 0 Å². The van der Waals surface area contributed by atoms with Crippen LogP contribution in [0.25, 0.3) is 0 Å². The lowest BCUT2D eigenvalue weighted by Gasteiger charge is -2.17. The summed E-state index contributed by atoms with van der Waals surface area (Å²) < 4.78 is 4.89. The van der Waals surface area contributed by atoms with E-state index in [1.165, 1.54) is 0 Å². The largest absolute Gasteiger partial charge is 0.480 e. The van der Waals surface area contributed by atoms with Gasteiger partial charge in [0.25, 0.3) is 0 Å². The van der Waals surface area contributed by atoms with E-state index in [9.17, 15) is 14.4 Å². The molecule has 0 spiro atoms. The van der Waals surface area contributed by atoms with E-state index in [0.717, 1.165) is 0 Å². The maximum atomic E-state index is 11.9. The number of likely N-dealkylation sites (tertiary alicyclic amines) is 1.